The third-order valence-corrected chi connectivity index (χ3v) is 6.48. The molecule has 0 unspecified atom stereocenters. The SMILES string of the molecule is Cc1ccc(-n2ncc3c(=O)n(CC(=O)Nc4ccccc4N4CCCCC4)cnc32)cc1C. The summed E-state index contributed by atoms with van der Waals surface area (Å²) in [5.74, 6) is -0.269. The van der Waals surface area contributed by atoms with Crippen LogP contribution in [0.3, 0.4) is 0 Å². The summed E-state index contributed by atoms with van der Waals surface area (Å²) < 4.78 is 2.98. The number of hydrogen-bond acceptors (Lipinski definition) is 5. The van der Waals surface area contributed by atoms with Gasteiger partial charge < -0.3 is 10.2 Å². The van der Waals surface area contributed by atoms with E-state index >= 15 is 0 Å². The van der Waals surface area contributed by atoms with Crippen LogP contribution in [0.1, 0.15) is 30.4 Å². The molecule has 1 aliphatic rings. The molecule has 174 valence electrons. The maximum atomic E-state index is 13.1. The van der Waals surface area contributed by atoms with E-state index in [1.807, 2.05) is 56.3 Å². The van der Waals surface area contributed by atoms with Crippen molar-refractivity contribution in [2.75, 3.05) is 23.3 Å². The molecular weight excluding hydrogens is 428 g/mol. The number of hydrogen-bond donors (Lipinski definition) is 1. The molecule has 0 saturated carbocycles. The van der Waals surface area contributed by atoms with Gasteiger partial charge in [0.05, 0.1) is 23.3 Å². The van der Waals surface area contributed by atoms with E-state index in [0.717, 1.165) is 48.6 Å². The minimum Gasteiger partial charge on any atom is -0.370 e. The monoisotopic (exact) mass is 456 g/mol. The first-order chi connectivity index (χ1) is 16.5. The zero-order valence-corrected chi connectivity index (χ0v) is 19.5. The molecule has 2 aromatic heterocycles. The van der Waals surface area contributed by atoms with E-state index in [1.165, 1.54) is 29.1 Å². The van der Waals surface area contributed by atoms with E-state index in [2.05, 4.69) is 20.3 Å². The molecule has 34 heavy (non-hydrogen) atoms. The fraction of sp³-hybridized carbons (Fsp3) is 0.308. The van der Waals surface area contributed by atoms with Gasteiger partial charge in [-0.25, -0.2) is 9.67 Å². The van der Waals surface area contributed by atoms with Crippen molar-refractivity contribution in [3.63, 3.8) is 0 Å². The predicted molar refractivity (Wildman–Crippen MR) is 134 cm³/mol. The summed E-state index contributed by atoms with van der Waals surface area (Å²) in [5.41, 5.74) is 5.12. The average molecular weight is 457 g/mol. The standard InChI is InChI=1S/C26H28N6O2/c1-18-10-11-20(14-19(18)2)32-25-21(15-28-32)26(34)31(17-27-25)16-24(33)29-22-8-4-5-9-23(22)30-12-6-3-7-13-30/h4-5,8-11,14-15,17H,3,6-7,12-13,16H2,1-2H3,(H,29,33). The van der Waals surface area contributed by atoms with Gasteiger partial charge >= 0.3 is 0 Å². The van der Waals surface area contributed by atoms with E-state index < -0.39 is 0 Å². The number of benzene rings is 2. The number of carbonyl (C=O) groups is 1. The van der Waals surface area contributed by atoms with Crippen molar-refractivity contribution < 1.29 is 4.79 Å². The van der Waals surface area contributed by atoms with Gasteiger partial charge in [-0.15, -0.1) is 0 Å². The minimum atomic E-state index is -0.292. The van der Waals surface area contributed by atoms with Crippen LogP contribution in [0.15, 0.2) is 59.8 Å². The van der Waals surface area contributed by atoms with Crippen molar-refractivity contribution in [3.8, 4) is 5.69 Å². The fourth-order valence-corrected chi connectivity index (χ4v) is 4.44. The smallest absolute Gasteiger partial charge is 0.264 e. The van der Waals surface area contributed by atoms with Crippen molar-refractivity contribution in [2.45, 2.75) is 39.7 Å². The second-order valence-electron chi connectivity index (χ2n) is 8.85. The predicted octanol–water partition coefficient (Wildman–Crippen LogP) is 3.83. The molecule has 0 bridgehead atoms. The maximum absolute atomic E-state index is 13.1. The lowest BCUT2D eigenvalue weighted by atomic mass is 10.1. The van der Waals surface area contributed by atoms with Crippen LogP contribution in [-0.4, -0.2) is 38.3 Å². The molecule has 5 rings (SSSR count). The normalized spacial score (nSPS) is 13.9. The summed E-state index contributed by atoms with van der Waals surface area (Å²) in [6, 6.07) is 13.8. The Labute approximate surface area is 197 Å². The number of anilines is 2. The highest BCUT2D eigenvalue weighted by molar-refractivity contribution is 5.94. The number of amides is 1. The Bertz CT molecular complexity index is 1410. The van der Waals surface area contributed by atoms with Crippen molar-refractivity contribution in [3.05, 3.63) is 76.5 Å². The highest BCUT2D eigenvalue weighted by Gasteiger charge is 2.17. The van der Waals surface area contributed by atoms with Gasteiger partial charge in [-0.05, 0) is 68.5 Å². The molecular formula is C26H28N6O2. The zero-order chi connectivity index (χ0) is 23.7. The van der Waals surface area contributed by atoms with Crippen LogP contribution in [0.5, 0.6) is 0 Å². The molecule has 1 fully saturated rings. The fourth-order valence-electron chi connectivity index (χ4n) is 4.44. The second kappa shape index (κ2) is 9.13. The number of para-hydroxylation sites is 2. The Balaban J connectivity index is 1.38. The van der Waals surface area contributed by atoms with Crippen molar-refractivity contribution in [2.24, 2.45) is 0 Å². The Morgan fingerprint density at radius 2 is 1.82 bits per heavy atom. The first-order valence-corrected chi connectivity index (χ1v) is 11.7. The van der Waals surface area contributed by atoms with Crippen LogP contribution in [0.2, 0.25) is 0 Å². The van der Waals surface area contributed by atoms with Gasteiger partial charge in [0.15, 0.2) is 5.65 Å². The molecule has 2 aromatic carbocycles. The van der Waals surface area contributed by atoms with E-state index in [1.54, 1.807) is 4.68 Å². The van der Waals surface area contributed by atoms with Gasteiger partial charge in [0, 0.05) is 13.1 Å². The zero-order valence-electron chi connectivity index (χ0n) is 19.5. The molecule has 4 aromatic rings. The summed E-state index contributed by atoms with van der Waals surface area (Å²) in [6.45, 7) is 5.93. The number of nitrogens with zero attached hydrogens (tertiary/aromatic N) is 5. The van der Waals surface area contributed by atoms with Gasteiger partial charge in [0.1, 0.15) is 18.3 Å². The first kappa shape index (κ1) is 21.9. The number of aromatic nitrogens is 4. The topological polar surface area (TPSA) is 85.0 Å². The Hall–Kier alpha value is -3.94. The number of piperidine rings is 1. The highest BCUT2D eigenvalue weighted by atomic mass is 16.2. The van der Waals surface area contributed by atoms with Gasteiger partial charge in [0.25, 0.3) is 5.56 Å². The number of aryl methyl sites for hydroxylation is 2. The van der Waals surface area contributed by atoms with Crippen LogP contribution in [0.4, 0.5) is 11.4 Å². The van der Waals surface area contributed by atoms with Crippen LogP contribution >= 0.6 is 0 Å². The summed E-state index contributed by atoms with van der Waals surface area (Å²) in [7, 11) is 0. The number of rotatable bonds is 5. The van der Waals surface area contributed by atoms with Crippen molar-refractivity contribution in [1.29, 1.82) is 0 Å². The van der Waals surface area contributed by atoms with E-state index in [4.69, 9.17) is 0 Å². The number of nitrogens with one attached hydrogen (secondary N) is 1. The maximum Gasteiger partial charge on any atom is 0.264 e. The van der Waals surface area contributed by atoms with Gasteiger partial charge in [-0.3, -0.25) is 14.2 Å². The van der Waals surface area contributed by atoms with Crippen LogP contribution in [-0.2, 0) is 11.3 Å². The Morgan fingerprint density at radius 3 is 2.62 bits per heavy atom. The van der Waals surface area contributed by atoms with E-state index in [0.29, 0.717) is 11.0 Å². The molecule has 3 heterocycles. The van der Waals surface area contributed by atoms with Crippen LogP contribution in [0.25, 0.3) is 16.7 Å². The molecule has 8 heteroatoms. The minimum absolute atomic E-state index is 0.120. The summed E-state index contributed by atoms with van der Waals surface area (Å²) in [4.78, 5) is 32.7. The Morgan fingerprint density at radius 1 is 1.03 bits per heavy atom. The molecule has 1 amide bonds. The Kier molecular flexibility index (Phi) is 5.88. The summed E-state index contributed by atoms with van der Waals surface area (Å²) >= 11 is 0. The highest BCUT2D eigenvalue weighted by Crippen LogP contribution is 2.28. The van der Waals surface area contributed by atoms with Gasteiger partial charge in [0.2, 0.25) is 5.91 Å². The summed E-state index contributed by atoms with van der Waals surface area (Å²) in [5, 5.41) is 7.75. The lowest BCUT2D eigenvalue weighted by Gasteiger charge is -2.30. The number of fused-ring (bicyclic) bond motifs is 1. The van der Waals surface area contributed by atoms with E-state index in [9.17, 15) is 9.59 Å². The molecule has 0 radical (unpaired) electrons. The molecule has 0 aliphatic carbocycles. The first-order valence-electron chi connectivity index (χ1n) is 11.7. The van der Waals surface area contributed by atoms with Gasteiger partial charge in [-0.2, -0.15) is 5.10 Å². The van der Waals surface area contributed by atoms with Gasteiger partial charge in [-0.1, -0.05) is 18.2 Å². The van der Waals surface area contributed by atoms with Crippen molar-refractivity contribution in [1.82, 2.24) is 19.3 Å². The average Bonchev–Trinajstić information content (AvgIpc) is 3.28. The molecule has 1 N–H and O–H groups in total. The molecule has 8 nitrogen and oxygen atoms in total. The third kappa shape index (κ3) is 4.19. The molecule has 0 atom stereocenters. The quantitative estimate of drug-likeness (QED) is 0.493. The summed E-state index contributed by atoms with van der Waals surface area (Å²) in [6.07, 6.45) is 6.47. The molecule has 1 aliphatic heterocycles. The van der Waals surface area contributed by atoms with Crippen LogP contribution in [0, 0.1) is 13.8 Å². The molecule has 0 spiro atoms. The number of carbonyl (C=O) groups excluding carboxylic acids is 1. The third-order valence-electron chi connectivity index (χ3n) is 6.48. The molecule has 1 saturated heterocycles. The largest absolute Gasteiger partial charge is 0.370 e. The lowest BCUT2D eigenvalue weighted by molar-refractivity contribution is -0.116. The lowest BCUT2D eigenvalue weighted by Crippen LogP contribution is -2.31. The van der Waals surface area contributed by atoms with E-state index in [-0.39, 0.29) is 18.0 Å². The second-order valence-corrected chi connectivity index (χ2v) is 8.85. The van der Waals surface area contributed by atoms with Crippen LogP contribution < -0.4 is 15.8 Å². The van der Waals surface area contributed by atoms with Crippen molar-refractivity contribution >= 4 is 28.3 Å².